The van der Waals surface area contributed by atoms with Gasteiger partial charge in [0.1, 0.15) is 0 Å². The highest BCUT2D eigenvalue weighted by atomic mass is 35.5. The summed E-state index contributed by atoms with van der Waals surface area (Å²) in [5.41, 5.74) is -0.169. The molecule has 5 heteroatoms. The lowest BCUT2D eigenvalue weighted by Crippen LogP contribution is -2.53. The summed E-state index contributed by atoms with van der Waals surface area (Å²) in [6.07, 6.45) is 0. The second-order valence-corrected chi connectivity index (χ2v) is 6.27. The average molecular weight is 262 g/mol. The van der Waals surface area contributed by atoms with Crippen LogP contribution in [-0.4, -0.2) is 43.9 Å². The number of ether oxygens (including phenoxy) is 1. The van der Waals surface area contributed by atoms with Crippen molar-refractivity contribution in [3.8, 4) is 0 Å². The molecule has 1 aliphatic rings. The summed E-state index contributed by atoms with van der Waals surface area (Å²) < 4.78 is 6.06. The first-order chi connectivity index (χ1) is 7.59. The second kappa shape index (κ2) is 4.63. The van der Waals surface area contributed by atoms with Gasteiger partial charge in [-0.15, -0.1) is 11.3 Å². The molecule has 0 aromatic carbocycles. The largest absolute Gasteiger partial charge is 0.396 e. The van der Waals surface area contributed by atoms with Gasteiger partial charge in [-0.25, -0.2) is 0 Å². The Hall–Kier alpha value is -0.130. The standard InChI is InChI=1S/C11H16ClNO2S/c1-13(2)10(8-3-4-9(12)16-8)11(5-14)6-15-7-11/h3-4,10,14H,5-7H2,1-2H3. The molecule has 16 heavy (non-hydrogen) atoms. The van der Waals surface area contributed by atoms with Crippen LogP contribution in [0.25, 0.3) is 0 Å². The predicted octanol–water partition coefficient (Wildman–Crippen LogP) is 2.01. The Kier molecular flexibility index (Phi) is 3.56. The van der Waals surface area contributed by atoms with Crippen molar-refractivity contribution < 1.29 is 9.84 Å². The smallest absolute Gasteiger partial charge is 0.0931 e. The predicted molar refractivity (Wildman–Crippen MR) is 66.1 cm³/mol. The molecule has 1 fully saturated rings. The van der Waals surface area contributed by atoms with Crippen LogP contribution in [0.5, 0.6) is 0 Å². The normalized spacial score (nSPS) is 20.8. The molecular formula is C11H16ClNO2S. The van der Waals surface area contributed by atoms with Crippen LogP contribution in [0.2, 0.25) is 4.34 Å². The molecule has 0 saturated carbocycles. The van der Waals surface area contributed by atoms with E-state index in [1.165, 1.54) is 4.88 Å². The summed E-state index contributed by atoms with van der Waals surface area (Å²) in [6, 6.07) is 4.11. The summed E-state index contributed by atoms with van der Waals surface area (Å²) in [6.45, 7) is 1.37. The van der Waals surface area contributed by atoms with Crippen LogP contribution in [0, 0.1) is 5.41 Å². The van der Waals surface area contributed by atoms with E-state index in [0.717, 1.165) is 4.34 Å². The van der Waals surface area contributed by atoms with Gasteiger partial charge in [0.15, 0.2) is 0 Å². The van der Waals surface area contributed by atoms with Crippen LogP contribution in [0.1, 0.15) is 10.9 Å². The molecule has 1 aromatic heterocycles. The number of hydrogen-bond donors (Lipinski definition) is 1. The molecule has 1 atom stereocenters. The van der Waals surface area contributed by atoms with Gasteiger partial charge in [-0.05, 0) is 26.2 Å². The Morgan fingerprint density at radius 3 is 2.56 bits per heavy atom. The van der Waals surface area contributed by atoms with Crippen molar-refractivity contribution in [3.63, 3.8) is 0 Å². The number of aliphatic hydroxyl groups is 1. The van der Waals surface area contributed by atoms with E-state index in [0.29, 0.717) is 13.2 Å². The fourth-order valence-corrected chi connectivity index (χ4v) is 3.68. The van der Waals surface area contributed by atoms with Crippen LogP contribution in [0.3, 0.4) is 0 Å². The van der Waals surface area contributed by atoms with Gasteiger partial charge in [0.25, 0.3) is 0 Å². The van der Waals surface area contributed by atoms with Crippen molar-refractivity contribution in [2.45, 2.75) is 6.04 Å². The van der Waals surface area contributed by atoms with E-state index in [9.17, 15) is 5.11 Å². The lowest BCUT2D eigenvalue weighted by Gasteiger charge is -2.48. The Bertz CT molecular complexity index is 357. The van der Waals surface area contributed by atoms with Crippen molar-refractivity contribution in [1.82, 2.24) is 4.90 Å². The van der Waals surface area contributed by atoms with Crippen molar-refractivity contribution >= 4 is 22.9 Å². The first-order valence-electron chi connectivity index (χ1n) is 5.19. The zero-order valence-corrected chi connectivity index (χ0v) is 11.0. The monoisotopic (exact) mass is 261 g/mol. The first kappa shape index (κ1) is 12.3. The minimum Gasteiger partial charge on any atom is -0.396 e. The molecule has 3 nitrogen and oxygen atoms in total. The van der Waals surface area contributed by atoms with Crippen LogP contribution in [0.15, 0.2) is 12.1 Å². The lowest BCUT2D eigenvalue weighted by atomic mass is 9.77. The van der Waals surface area contributed by atoms with Gasteiger partial charge in [0.05, 0.1) is 35.6 Å². The molecule has 0 bridgehead atoms. The van der Waals surface area contributed by atoms with E-state index in [1.54, 1.807) is 11.3 Å². The average Bonchev–Trinajstić information content (AvgIpc) is 2.57. The van der Waals surface area contributed by atoms with Crippen LogP contribution in [-0.2, 0) is 4.74 Å². The fourth-order valence-electron chi connectivity index (χ4n) is 2.28. The SMILES string of the molecule is CN(C)C(c1ccc(Cl)s1)C1(CO)COC1. The summed E-state index contributed by atoms with van der Waals surface area (Å²) in [5.74, 6) is 0. The van der Waals surface area contributed by atoms with Crippen LogP contribution in [0.4, 0.5) is 0 Å². The zero-order chi connectivity index (χ0) is 11.8. The van der Waals surface area contributed by atoms with Crippen molar-refractivity contribution in [3.05, 3.63) is 21.3 Å². The zero-order valence-electron chi connectivity index (χ0n) is 9.44. The highest BCUT2D eigenvalue weighted by Crippen LogP contribution is 2.45. The number of nitrogens with zero attached hydrogens (tertiary/aromatic N) is 1. The minimum absolute atomic E-state index is 0.144. The molecule has 0 spiro atoms. The third-order valence-electron chi connectivity index (χ3n) is 3.05. The maximum Gasteiger partial charge on any atom is 0.0931 e. The molecule has 0 aliphatic carbocycles. The van der Waals surface area contributed by atoms with Crippen LogP contribution >= 0.6 is 22.9 Å². The van der Waals surface area contributed by atoms with E-state index in [4.69, 9.17) is 16.3 Å². The molecule has 2 rings (SSSR count). The number of thiophene rings is 1. The summed E-state index contributed by atoms with van der Waals surface area (Å²) >= 11 is 7.54. The Morgan fingerprint density at radius 1 is 1.56 bits per heavy atom. The number of hydrogen-bond acceptors (Lipinski definition) is 4. The molecule has 1 unspecified atom stereocenters. The molecule has 1 aliphatic heterocycles. The van der Waals surface area contributed by atoms with E-state index >= 15 is 0 Å². The highest BCUT2D eigenvalue weighted by Gasteiger charge is 2.47. The molecular weight excluding hydrogens is 246 g/mol. The molecule has 0 amide bonds. The number of rotatable bonds is 4. The van der Waals surface area contributed by atoms with Gasteiger partial charge < -0.3 is 14.7 Å². The number of halogens is 1. The first-order valence-corrected chi connectivity index (χ1v) is 6.39. The molecule has 1 aromatic rings. The molecule has 1 N–H and O–H groups in total. The van der Waals surface area contributed by atoms with E-state index in [-0.39, 0.29) is 18.1 Å². The Morgan fingerprint density at radius 2 is 2.25 bits per heavy atom. The van der Waals surface area contributed by atoms with Crippen LogP contribution < -0.4 is 0 Å². The summed E-state index contributed by atoms with van der Waals surface area (Å²) in [4.78, 5) is 3.31. The van der Waals surface area contributed by atoms with Gasteiger partial charge in [-0.3, -0.25) is 0 Å². The Labute approximate surface area is 105 Å². The maximum absolute atomic E-state index is 9.59. The van der Waals surface area contributed by atoms with Gasteiger partial charge in [-0.1, -0.05) is 11.6 Å². The molecule has 0 radical (unpaired) electrons. The summed E-state index contributed by atoms with van der Waals surface area (Å²) in [5, 5.41) is 9.59. The third-order valence-corrected chi connectivity index (χ3v) is 4.34. The van der Waals surface area contributed by atoms with Crippen molar-refractivity contribution in [2.75, 3.05) is 33.9 Å². The lowest BCUT2D eigenvalue weighted by molar-refractivity contribution is -0.171. The topological polar surface area (TPSA) is 32.7 Å². The fraction of sp³-hybridized carbons (Fsp3) is 0.636. The summed E-state index contributed by atoms with van der Waals surface area (Å²) in [7, 11) is 4.04. The van der Waals surface area contributed by atoms with E-state index < -0.39 is 0 Å². The molecule has 2 heterocycles. The van der Waals surface area contributed by atoms with Gasteiger partial charge in [0.2, 0.25) is 0 Å². The second-order valence-electron chi connectivity index (χ2n) is 4.52. The molecule has 90 valence electrons. The van der Waals surface area contributed by atoms with Gasteiger partial charge in [-0.2, -0.15) is 0 Å². The molecule has 1 saturated heterocycles. The quantitative estimate of drug-likeness (QED) is 0.900. The minimum atomic E-state index is -0.169. The highest BCUT2D eigenvalue weighted by molar-refractivity contribution is 7.16. The van der Waals surface area contributed by atoms with Gasteiger partial charge in [0, 0.05) is 4.88 Å². The van der Waals surface area contributed by atoms with Gasteiger partial charge >= 0.3 is 0 Å². The Balaban J connectivity index is 2.30. The van der Waals surface area contributed by atoms with E-state index in [2.05, 4.69) is 4.90 Å². The third kappa shape index (κ3) is 2.00. The van der Waals surface area contributed by atoms with Crippen molar-refractivity contribution in [2.24, 2.45) is 5.41 Å². The maximum atomic E-state index is 9.59. The number of aliphatic hydroxyl groups excluding tert-OH is 1. The van der Waals surface area contributed by atoms with Crippen molar-refractivity contribution in [1.29, 1.82) is 0 Å². The van der Waals surface area contributed by atoms with E-state index in [1.807, 2.05) is 26.2 Å².